The van der Waals surface area contributed by atoms with Crippen LogP contribution in [-0.4, -0.2) is 55.4 Å². The highest BCUT2D eigenvalue weighted by Gasteiger charge is 2.05. The molecule has 2 aromatic rings. The number of carbonyl (C=O) groups excluding carboxylic acids is 1. The molecule has 0 fully saturated rings. The highest BCUT2D eigenvalue weighted by molar-refractivity contribution is 5.94. The number of methoxy groups -OCH3 is 1. The number of amides is 1. The zero-order valence-corrected chi connectivity index (χ0v) is 15.2. The molecule has 0 radical (unpaired) electrons. The molecule has 0 aliphatic carbocycles. The molecule has 0 aliphatic rings. The van der Waals surface area contributed by atoms with Crippen molar-refractivity contribution in [2.24, 2.45) is 4.99 Å². The largest absolute Gasteiger partial charge is 0.497 e. The summed E-state index contributed by atoms with van der Waals surface area (Å²) in [6, 6.07) is 8.92. The fourth-order valence-electron chi connectivity index (χ4n) is 2.30. The molecule has 1 heterocycles. The smallest absolute Gasteiger partial charge is 0.251 e. The molecule has 1 amide bonds. The van der Waals surface area contributed by atoms with Gasteiger partial charge in [-0.15, -0.1) is 0 Å². The van der Waals surface area contributed by atoms with E-state index in [9.17, 15) is 4.79 Å². The van der Waals surface area contributed by atoms with Crippen LogP contribution in [0.5, 0.6) is 5.75 Å². The summed E-state index contributed by atoms with van der Waals surface area (Å²) < 4.78 is 6.98. The van der Waals surface area contributed by atoms with E-state index < -0.39 is 0 Å². The summed E-state index contributed by atoms with van der Waals surface area (Å²) in [6.07, 6.45) is 4.66. The molecule has 1 aromatic carbocycles. The van der Waals surface area contributed by atoms with E-state index >= 15 is 0 Å². The van der Waals surface area contributed by atoms with Gasteiger partial charge in [0.15, 0.2) is 5.96 Å². The Hall–Kier alpha value is -3.03. The van der Waals surface area contributed by atoms with E-state index in [-0.39, 0.29) is 5.91 Å². The normalized spacial score (nSPS) is 11.1. The van der Waals surface area contributed by atoms with Crippen LogP contribution >= 0.6 is 0 Å². The molecule has 1 aromatic heterocycles. The summed E-state index contributed by atoms with van der Waals surface area (Å²) >= 11 is 0. The number of aliphatic imine (C=N–C) groups is 1. The standard InChI is InChI=1S/C18H26N6O2/c1-19-18(21-9-3-13-24-14-4-10-23-24)22-12-11-20-17(25)15-5-7-16(26-2)8-6-15/h4-8,10,14H,3,9,11-13H2,1-2H3,(H,20,25)(H2,19,21,22). The van der Waals surface area contributed by atoms with Gasteiger partial charge >= 0.3 is 0 Å². The Morgan fingerprint density at radius 1 is 1.15 bits per heavy atom. The number of hydrogen-bond acceptors (Lipinski definition) is 4. The second kappa shape index (κ2) is 10.8. The van der Waals surface area contributed by atoms with Crippen LogP contribution in [0.2, 0.25) is 0 Å². The molecule has 3 N–H and O–H groups in total. The number of nitrogens with one attached hydrogen (secondary N) is 3. The van der Waals surface area contributed by atoms with Crippen molar-refractivity contribution in [1.29, 1.82) is 0 Å². The number of benzene rings is 1. The first-order valence-electron chi connectivity index (χ1n) is 8.57. The van der Waals surface area contributed by atoms with Crippen LogP contribution in [0.15, 0.2) is 47.7 Å². The highest BCUT2D eigenvalue weighted by atomic mass is 16.5. The molecule has 0 spiro atoms. The van der Waals surface area contributed by atoms with Gasteiger partial charge < -0.3 is 20.7 Å². The second-order valence-electron chi connectivity index (χ2n) is 5.53. The van der Waals surface area contributed by atoms with E-state index in [1.54, 1.807) is 44.6 Å². The van der Waals surface area contributed by atoms with Crippen LogP contribution in [0.4, 0.5) is 0 Å². The fraction of sp³-hybridized carbons (Fsp3) is 0.389. The lowest BCUT2D eigenvalue weighted by atomic mass is 10.2. The number of aryl methyl sites for hydroxylation is 1. The lowest BCUT2D eigenvalue weighted by molar-refractivity contribution is 0.0954. The van der Waals surface area contributed by atoms with Gasteiger partial charge in [0.1, 0.15) is 5.75 Å². The number of nitrogens with zero attached hydrogens (tertiary/aromatic N) is 3. The third-order valence-corrected chi connectivity index (χ3v) is 3.69. The number of hydrogen-bond donors (Lipinski definition) is 3. The molecule has 8 nitrogen and oxygen atoms in total. The molecule has 0 atom stereocenters. The van der Waals surface area contributed by atoms with Gasteiger partial charge in [0.2, 0.25) is 0 Å². The summed E-state index contributed by atoms with van der Waals surface area (Å²) in [6.45, 7) is 2.73. The molecule has 0 unspecified atom stereocenters. The van der Waals surface area contributed by atoms with Gasteiger partial charge in [-0.05, 0) is 36.8 Å². The number of rotatable bonds is 9. The number of aromatic nitrogens is 2. The minimum absolute atomic E-state index is 0.114. The Morgan fingerprint density at radius 2 is 1.88 bits per heavy atom. The maximum absolute atomic E-state index is 12.0. The summed E-state index contributed by atoms with van der Waals surface area (Å²) in [4.78, 5) is 16.2. The third-order valence-electron chi connectivity index (χ3n) is 3.69. The van der Waals surface area contributed by atoms with Crippen LogP contribution in [0.25, 0.3) is 0 Å². The minimum atomic E-state index is -0.114. The van der Waals surface area contributed by atoms with Gasteiger partial charge in [-0.1, -0.05) is 0 Å². The molecule has 0 saturated heterocycles. The summed E-state index contributed by atoms with van der Waals surface area (Å²) in [5.74, 6) is 1.33. The average Bonchev–Trinajstić information content (AvgIpc) is 3.20. The molecule has 0 saturated carbocycles. The van der Waals surface area contributed by atoms with Crippen molar-refractivity contribution in [2.45, 2.75) is 13.0 Å². The lowest BCUT2D eigenvalue weighted by Crippen LogP contribution is -2.42. The van der Waals surface area contributed by atoms with E-state index in [1.165, 1.54) is 0 Å². The number of guanidine groups is 1. The number of ether oxygens (including phenoxy) is 1. The van der Waals surface area contributed by atoms with Gasteiger partial charge in [0.05, 0.1) is 7.11 Å². The summed E-state index contributed by atoms with van der Waals surface area (Å²) in [7, 11) is 3.32. The number of carbonyl (C=O) groups is 1. The van der Waals surface area contributed by atoms with Gasteiger partial charge in [-0.25, -0.2) is 0 Å². The first kappa shape index (κ1) is 19.3. The zero-order chi connectivity index (χ0) is 18.6. The van der Waals surface area contributed by atoms with Crippen molar-refractivity contribution in [3.63, 3.8) is 0 Å². The first-order valence-corrected chi connectivity index (χ1v) is 8.57. The monoisotopic (exact) mass is 358 g/mol. The van der Waals surface area contributed by atoms with Gasteiger partial charge in [-0.3, -0.25) is 14.5 Å². The molecule has 0 bridgehead atoms. The Bertz CT molecular complexity index is 682. The van der Waals surface area contributed by atoms with Gasteiger partial charge in [0.25, 0.3) is 5.91 Å². The van der Waals surface area contributed by atoms with E-state index in [0.717, 1.165) is 25.3 Å². The van der Waals surface area contributed by atoms with Crippen molar-refractivity contribution >= 4 is 11.9 Å². The van der Waals surface area contributed by atoms with E-state index in [2.05, 4.69) is 26.0 Å². The van der Waals surface area contributed by atoms with Crippen molar-refractivity contribution in [3.05, 3.63) is 48.3 Å². The van der Waals surface area contributed by atoms with Crippen LogP contribution in [0.3, 0.4) is 0 Å². The molecule has 140 valence electrons. The summed E-state index contributed by atoms with van der Waals surface area (Å²) in [5, 5.41) is 13.4. The van der Waals surface area contributed by atoms with Crippen molar-refractivity contribution in [3.8, 4) is 5.75 Å². The topological polar surface area (TPSA) is 92.6 Å². The molecule has 2 rings (SSSR count). The van der Waals surface area contributed by atoms with E-state index in [4.69, 9.17) is 4.74 Å². The van der Waals surface area contributed by atoms with Gasteiger partial charge in [0, 0.05) is 51.2 Å². The Kier molecular flexibility index (Phi) is 7.98. The van der Waals surface area contributed by atoms with Crippen LogP contribution in [0, 0.1) is 0 Å². The second-order valence-corrected chi connectivity index (χ2v) is 5.53. The third kappa shape index (κ3) is 6.46. The molecule has 26 heavy (non-hydrogen) atoms. The molecule has 8 heteroatoms. The van der Waals surface area contributed by atoms with Gasteiger partial charge in [-0.2, -0.15) is 5.10 Å². The Labute approximate surface area is 153 Å². The Morgan fingerprint density at radius 3 is 2.54 bits per heavy atom. The van der Waals surface area contributed by atoms with Crippen LogP contribution in [0.1, 0.15) is 16.8 Å². The average molecular weight is 358 g/mol. The predicted octanol–water partition coefficient (Wildman–Crippen LogP) is 0.877. The lowest BCUT2D eigenvalue weighted by Gasteiger charge is -2.12. The van der Waals surface area contributed by atoms with Crippen molar-refractivity contribution in [1.82, 2.24) is 25.7 Å². The maximum atomic E-state index is 12.0. The Balaban J connectivity index is 1.59. The van der Waals surface area contributed by atoms with Crippen molar-refractivity contribution in [2.75, 3.05) is 33.8 Å². The highest BCUT2D eigenvalue weighted by Crippen LogP contribution is 2.10. The molecule has 0 aliphatic heterocycles. The molecular formula is C18H26N6O2. The zero-order valence-electron chi connectivity index (χ0n) is 15.2. The first-order chi connectivity index (χ1) is 12.7. The van der Waals surface area contributed by atoms with E-state index in [0.29, 0.717) is 24.6 Å². The van der Waals surface area contributed by atoms with Crippen LogP contribution < -0.4 is 20.7 Å². The van der Waals surface area contributed by atoms with E-state index in [1.807, 2.05) is 16.9 Å². The maximum Gasteiger partial charge on any atom is 0.251 e. The SMILES string of the molecule is CN=C(NCCCn1cccn1)NCCNC(=O)c1ccc(OC)cc1. The molecular weight excluding hydrogens is 332 g/mol. The quantitative estimate of drug-likeness (QED) is 0.352. The summed E-state index contributed by atoms with van der Waals surface area (Å²) in [5.41, 5.74) is 0.604. The van der Waals surface area contributed by atoms with Crippen LogP contribution in [-0.2, 0) is 6.54 Å². The minimum Gasteiger partial charge on any atom is -0.497 e. The predicted molar refractivity (Wildman–Crippen MR) is 102 cm³/mol. The van der Waals surface area contributed by atoms with Crippen molar-refractivity contribution < 1.29 is 9.53 Å². The fourth-order valence-corrected chi connectivity index (χ4v) is 2.30.